The van der Waals surface area contributed by atoms with Crippen LogP contribution in [0.25, 0.3) is 0 Å². The van der Waals surface area contributed by atoms with Gasteiger partial charge < -0.3 is 0 Å². The summed E-state index contributed by atoms with van der Waals surface area (Å²) in [7, 11) is 0.995. The molecular formula is C4H10ClFO3S. The molecule has 0 spiro atoms. The number of hydrogen-bond acceptors (Lipinski definition) is 3. The zero-order valence-corrected chi connectivity index (χ0v) is 7.11. The van der Waals surface area contributed by atoms with Gasteiger partial charge in [0.25, 0.3) is 0 Å². The molecule has 0 amide bonds. The molecule has 0 N–H and O–H groups in total. The number of halogens is 2. The van der Waals surface area contributed by atoms with Crippen LogP contribution in [0, 0.1) is 0 Å². The normalized spacial score (nSPS) is 10.6. The van der Waals surface area contributed by atoms with Crippen molar-refractivity contribution in [2.45, 2.75) is 19.8 Å². The molecule has 0 heterocycles. The molecule has 64 valence electrons. The average molecular weight is 193 g/mol. The third-order valence-electron chi connectivity index (χ3n) is 0.722. The molecule has 0 saturated carbocycles. The lowest BCUT2D eigenvalue weighted by Crippen LogP contribution is -1.98. The monoisotopic (exact) mass is 192 g/mol. The quantitative estimate of drug-likeness (QED) is 0.500. The molecule has 0 aromatic rings. The van der Waals surface area contributed by atoms with Crippen LogP contribution in [0.1, 0.15) is 19.8 Å². The van der Waals surface area contributed by atoms with Crippen molar-refractivity contribution in [3.8, 4) is 0 Å². The SMILES string of the molecule is CCCCOS(=O)(=O)Cl.F. The fourth-order valence-electron chi connectivity index (χ4n) is 0.303. The van der Waals surface area contributed by atoms with E-state index in [2.05, 4.69) is 4.18 Å². The molecule has 0 saturated heterocycles. The first kappa shape index (κ1) is 12.8. The van der Waals surface area contributed by atoms with Crippen LogP contribution in [0.2, 0.25) is 0 Å². The molecule has 0 radical (unpaired) electrons. The first-order valence-electron chi connectivity index (χ1n) is 2.65. The highest BCUT2D eigenvalue weighted by Gasteiger charge is 2.01. The van der Waals surface area contributed by atoms with Crippen molar-refractivity contribution < 1.29 is 17.3 Å². The molecule has 3 nitrogen and oxygen atoms in total. The first-order valence-corrected chi connectivity index (χ1v) is 4.88. The van der Waals surface area contributed by atoms with Crippen molar-refractivity contribution >= 4 is 20.0 Å². The lowest BCUT2D eigenvalue weighted by atomic mass is 10.4. The second-order valence-electron chi connectivity index (χ2n) is 1.57. The number of hydrogen-bond donors (Lipinski definition) is 0. The van der Waals surface area contributed by atoms with Crippen LogP contribution in [-0.2, 0) is 13.5 Å². The van der Waals surface area contributed by atoms with Crippen LogP contribution in [0.3, 0.4) is 0 Å². The highest BCUT2D eigenvalue weighted by molar-refractivity contribution is 8.09. The molecular weight excluding hydrogens is 183 g/mol. The van der Waals surface area contributed by atoms with Crippen molar-refractivity contribution in [1.82, 2.24) is 0 Å². The lowest BCUT2D eigenvalue weighted by Gasteiger charge is -1.94. The van der Waals surface area contributed by atoms with Gasteiger partial charge in [0.2, 0.25) is 0 Å². The van der Waals surface area contributed by atoms with Gasteiger partial charge in [0.1, 0.15) is 0 Å². The molecule has 0 rings (SSSR count). The van der Waals surface area contributed by atoms with E-state index in [9.17, 15) is 8.42 Å². The van der Waals surface area contributed by atoms with Gasteiger partial charge in [-0.25, -0.2) is 0 Å². The Hall–Kier alpha value is 0.130. The summed E-state index contributed by atoms with van der Waals surface area (Å²) in [5.74, 6) is 0. The number of rotatable bonds is 4. The standard InChI is InChI=1S/C4H9ClO3S.FH/c1-2-3-4-8-9(5,6)7;/h2-4H2,1H3;1H. The van der Waals surface area contributed by atoms with E-state index in [-0.39, 0.29) is 11.3 Å². The van der Waals surface area contributed by atoms with Gasteiger partial charge in [0.15, 0.2) is 0 Å². The highest BCUT2D eigenvalue weighted by atomic mass is 35.7. The van der Waals surface area contributed by atoms with Crippen LogP contribution in [-0.4, -0.2) is 15.0 Å². The Morgan fingerprint density at radius 3 is 2.30 bits per heavy atom. The number of unbranched alkanes of at least 4 members (excludes halogenated alkanes) is 1. The fourth-order valence-corrected chi connectivity index (χ4v) is 0.809. The van der Waals surface area contributed by atoms with Gasteiger partial charge >= 0.3 is 9.33 Å². The second-order valence-corrected chi connectivity index (χ2v) is 3.72. The molecule has 0 unspecified atom stereocenters. The van der Waals surface area contributed by atoms with E-state index in [0.29, 0.717) is 6.42 Å². The molecule has 0 bridgehead atoms. The van der Waals surface area contributed by atoms with Crippen LogP contribution < -0.4 is 0 Å². The summed E-state index contributed by atoms with van der Waals surface area (Å²) in [6.07, 6.45) is 1.61. The third kappa shape index (κ3) is 11.0. The zero-order chi connectivity index (χ0) is 7.33. The summed E-state index contributed by atoms with van der Waals surface area (Å²) in [6.45, 7) is 2.12. The molecule has 0 aromatic heterocycles. The van der Waals surface area contributed by atoms with Gasteiger partial charge in [0.05, 0.1) is 6.61 Å². The second kappa shape index (κ2) is 5.88. The third-order valence-corrected chi connectivity index (χ3v) is 1.44. The maximum absolute atomic E-state index is 10.0. The lowest BCUT2D eigenvalue weighted by molar-refractivity contribution is 0.320. The Morgan fingerprint density at radius 2 is 2.00 bits per heavy atom. The van der Waals surface area contributed by atoms with Crippen molar-refractivity contribution in [3.05, 3.63) is 0 Å². The summed E-state index contributed by atoms with van der Waals surface area (Å²) in [6, 6.07) is 0. The largest absolute Gasteiger partial charge is 0.355 e. The first-order chi connectivity index (χ1) is 4.06. The molecule has 10 heavy (non-hydrogen) atoms. The Labute approximate surface area is 64.3 Å². The topological polar surface area (TPSA) is 43.4 Å². The smallest absolute Gasteiger partial charge is 0.269 e. The molecule has 0 aliphatic carbocycles. The van der Waals surface area contributed by atoms with Crippen molar-refractivity contribution in [2.24, 2.45) is 0 Å². The van der Waals surface area contributed by atoms with Crippen LogP contribution >= 0.6 is 10.7 Å². The Morgan fingerprint density at radius 1 is 1.50 bits per heavy atom. The Balaban J connectivity index is 0. The van der Waals surface area contributed by atoms with Crippen LogP contribution in [0.4, 0.5) is 4.70 Å². The van der Waals surface area contributed by atoms with Crippen LogP contribution in [0.5, 0.6) is 0 Å². The molecule has 0 fully saturated rings. The average Bonchev–Trinajstić information content (AvgIpc) is 1.63. The summed E-state index contributed by atoms with van der Waals surface area (Å²) < 4.78 is 24.3. The summed E-state index contributed by atoms with van der Waals surface area (Å²) in [4.78, 5) is 0. The van der Waals surface area contributed by atoms with E-state index in [4.69, 9.17) is 10.7 Å². The molecule has 6 heteroatoms. The Kier molecular flexibility index (Phi) is 7.51. The minimum atomic E-state index is -3.72. The summed E-state index contributed by atoms with van der Waals surface area (Å²) in [5.41, 5.74) is 0. The zero-order valence-electron chi connectivity index (χ0n) is 5.54. The van der Waals surface area contributed by atoms with E-state index in [1.165, 1.54) is 0 Å². The van der Waals surface area contributed by atoms with E-state index in [1.54, 1.807) is 0 Å². The Bertz CT molecular complexity index is 156. The maximum Gasteiger partial charge on any atom is 0.355 e. The van der Waals surface area contributed by atoms with E-state index in [0.717, 1.165) is 6.42 Å². The summed E-state index contributed by atoms with van der Waals surface area (Å²) in [5, 5.41) is 0. The van der Waals surface area contributed by atoms with E-state index in [1.807, 2.05) is 6.92 Å². The molecule has 0 aliphatic rings. The van der Waals surface area contributed by atoms with Gasteiger partial charge in [-0.2, -0.15) is 8.42 Å². The molecule has 0 aliphatic heterocycles. The van der Waals surface area contributed by atoms with Crippen molar-refractivity contribution in [2.75, 3.05) is 6.61 Å². The minimum absolute atomic E-state index is 0. The predicted molar refractivity (Wildman–Crippen MR) is 38.1 cm³/mol. The minimum Gasteiger partial charge on any atom is -0.269 e. The van der Waals surface area contributed by atoms with Gasteiger partial charge in [-0.05, 0) is 6.42 Å². The molecule has 0 aromatic carbocycles. The van der Waals surface area contributed by atoms with Crippen molar-refractivity contribution in [3.63, 3.8) is 0 Å². The van der Waals surface area contributed by atoms with Gasteiger partial charge in [-0.3, -0.25) is 8.89 Å². The summed E-state index contributed by atoms with van der Waals surface area (Å²) >= 11 is 0. The van der Waals surface area contributed by atoms with Crippen molar-refractivity contribution in [1.29, 1.82) is 0 Å². The maximum atomic E-state index is 10.0. The van der Waals surface area contributed by atoms with Gasteiger partial charge in [-0.1, -0.05) is 13.3 Å². The highest BCUT2D eigenvalue weighted by Crippen LogP contribution is 1.99. The van der Waals surface area contributed by atoms with E-state index < -0.39 is 9.33 Å². The predicted octanol–water partition coefficient (Wildman–Crippen LogP) is 1.44. The van der Waals surface area contributed by atoms with E-state index >= 15 is 0 Å². The fraction of sp³-hybridized carbons (Fsp3) is 1.00. The van der Waals surface area contributed by atoms with Crippen LogP contribution in [0.15, 0.2) is 0 Å². The van der Waals surface area contributed by atoms with Gasteiger partial charge in [-0.15, -0.1) is 0 Å². The molecule has 0 atom stereocenters. The van der Waals surface area contributed by atoms with Gasteiger partial charge in [0, 0.05) is 10.7 Å².